The predicted octanol–water partition coefficient (Wildman–Crippen LogP) is 2.58. The van der Waals surface area contributed by atoms with Crippen molar-refractivity contribution in [2.75, 3.05) is 0 Å². The van der Waals surface area contributed by atoms with Gasteiger partial charge in [-0.15, -0.1) is 20.4 Å². The summed E-state index contributed by atoms with van der Waals surface area (Å²) < 4.78 is 16.3. The SMILES string of the molecule is c1nnc(-c2ccc(OCc3nnc(C4CC4)o3)cc2)o1. The van der Waals surface area contributed by atoms with E-state index in [1.807, 2.05) is 24.3 Å². The summed E-state index contributed by atoms with van der Waals surface area (Å²) in [7, 11) is 0. The van der Waals surface area contributed by atoms with Gasteiger partial charge in [0.15, 0.2) is 6.61 Å². The average Bonchev–Trinajstić information content (AvgIpc) is 3.04. The summed E-state index contributed by atoms with van der Waals surface area (Å²) in [5.74, 6) is 2.87. The molecule has 0 amide bonds. The molecule has 2 aromatic heterocycles. The van der Waals surface area contributed by atoms with Crippen LogP contribution in [0.4, 0.5) is 0 Å². The third-order valence-electron chi connectivity index (χ3n) is 3.23. The molecule has 0 bridgehead atoms. The fraction of sp³-hybridized carbons (Fsp3) is 0.286. The molecule has 0 spiro atoms. The highest BCUT2D eigenvalue weighted by atomic mass is 16.5. The van der Waals surface area contributed by atoms with Crippen LogP contribution in [0.15, 0.2) is 39.5 Å². The number of rotatable bonds is 5. The Labute approximate surface area is 120 Å². The third kappa shape index (κ3) is 2.62. The van der Waals surface area contributed by atoms with Crippen molar-refractivity contribution in [1.29, 1.82) is 0 Å². The molecule has 7 nitrogen and oxygen atoms in total. The van der Waals surface area contributed by atoms with Crippen molar-refractivity contribution < 1.29 is 13.6 Å². The molecule has 0 aliphatic heterocycles. The Morgan fingerprint density at radius 3 is 2.67 bits per heavy atom. The molecule has 1 fully saturated rings. The van der Waals surface area contributed by atoms with Gasteiger partial charge in [0.2, 0.25) is 18.2 Å². The quantitative estimate of drug-likeness (QED) is 0.711. The number of aromatic nitrogens is 4. The zero-order chi connectivity index (χ0) is 14.1. The van der Waals surface area contributed by atoms with Crippen molar-refractivity contribution in [3.8, 4) is 17.2 Å². The van der Waals surface area contributed by atoms with Crippen molar-refractivity contribution in [2.24, 2.45) is 0 Å². The van der Waals surface area contributed by atoms with E-state index in [1.54, 1.807) is 0 Å². The van der Waals surface area contributed by atoms with Crippen LogP contribution < -0.4 is 4.74 Å². The molecule has 106 valence electrons. The molecule has 3 aromatic rings. The van der Waals surface area contributed by atoms with E-state index in [2.05, 4.69) is 20.4 Å². The summed E-state index contributed by atoms with van der Waals surface area (Å²) in [4.78, 5) is 0. The predicted molar refractivity (Wildman–Crippen MR) is 70.3 cm³/mol. The van der Waals surface area contributed by atoms with Gasteiger partial charge in [-0.05, 0) is 37.1 Å². The Morgan fingerprint density at radius 2 is 1.95 bits per heavy atom. The highest BCUT2D eigenvalue weighted by Crippen LogP contribution is 2.39. The van der Waals surface area contributed by atoms with Crippen molar-refractivity contribution >= 4 is 0 Å². The maximum absolute atomic E-state index is 5.61. The Morgan fingerprint density at radius 1 is 1.10 bits per heavy atom. The molecule has 1 aliphatic carbocycles. The highest BCUT2D eigenvalue weighted by Gasteiger charge is 2.29. The van der Waals surface area contributed by atoms with Crippen LogP contribution in [0.1, 0.15) is 30.5 Å². The monoisotopic (exact) mass is 284 g/mol. The molecular weight excluding hydrogens is 272 g/mol. The Kier molecular flexibility index (Phi) is 2.88. The summed E-state index contributed by atoms with van der Waals surface area (Å²) in [6.07, 6.45) is 3.58. The molecular formula is C14H12N4O3. The van der Waals surface area contributed by atoms with Gasteiger partial charge in [-0.25, -0.2) is 0 Å². The smallest absolute Gasteiger partial charge is 0.253 e. The molecule has 4 rings (SSSR count). The first-order valence-corrected chi connectivity index (χ1v) is 6.70. The molecule has 2 heterocycles. The lowest BCUT2D eigenvalue weighted by atomic mass is 10.2. The lowest BCUT2D eigenvalue weighted by Gasteiger charge is -2.03. The Balaban J connectivity index is 1.40. The zero-order valence-electron chi connectivity index (χ0n) is 11.1. The Bertz CT molecular complexity index is 717. The van der Waals surface area contributed by atoms with E-state index < -0.39 is 0 Å². The molecule has 1 aliphatic rings. The van der Waals surface area contributed by atoms with Crippen LogP contribution >= 0.6 is 0 Å². The summed E-state index contributed by atoms with van der Waals surface area (Å²) in [5.41, 5.74) is 0.841. The van der Waals surface area contributed by atoms with Gasteiger partial charge in [0, 0.05) is 11.5 Å². The van der Waals surface area contributed by atoms with Gasteiger partial charge >= 0.3 is 0 Å². The first kappa shape index (κ1) is 12.1. The minimum Gasteiger partial charge on any atom is -0.484 e. The summed E-state index contributed by atoms with van der Waals surface area (Å²) in [6, 6.07) is 7.37. The number of hydrogen-bond acceptors (Lipinski definition) is 7. The first-order valence-electron chi connectivity index (χ1n) is 6.70. The van der Waals surface area contributed by atoms with E-state index >= 15 is 0 Å². The molecule has 0 atom stereocenters. The summed E-state index contributed by atoms with van der Waals surface area (Å²) in [6.45, 7) is 0.264. The molecule has 0 radical (unpaired) electrons. The largest absolute Gasteiger partial charge is 0.484 e. The second-order valence-corrected chi connectivity index (χ2v) is 4.87. The molecule has 1 aromatic carbocycles. The average molecular weight is 284 g/mol. The van der Waals surface area contributed by atoms with E-state index in [-0.39, 0.29) is 6.61 Å². The van der Waals surface area contributed by atoms with Crippen LogP contribution in [0.2, 0.25) is 0 Å². The maximum atomic E-state index is 5.61. The summed E-state index contributed by atoms with van der Waals surface area (Å²) in [5, 5.41) is 15.5. The van der Waals surface area contributed by atoms with Crippen LogP contribution in [0.5, 0.6) is 5.75 Å². The van der Waals surface area contributed by atoms with Gasteiger partial charge in [0.25, 0.3) is 5.89 Å². The van der Waals surface area contributed by atoms with Gasteiger partial charge in [-0.1, -0.05) is 0 Å². The van der Waals surface area contributed by atoms with Gasteiger partial charge in [0.05, 0.1) is 0 Å². The number of hydrogen-bond donors (Lipinski definition) is 0. The molecule has 0 N–H and O–H groups in total. The van der Waals surface area contributed by atoms with Crippen LogP contribution in [0, 0.1) is 0 Å². The zero-order valence-corrected chi connectivity index (χ0v) is 11.1. The van der Waals surface area contributed by atoms with Crippen molar-refractivity contribution in [1.82, 2.24) is 20.4 Å². The number of ether oxygens (including phenoxy) is 1. The van der Waals surface area contributed by atoms with Crippen molar-refractivity contribution in [3.05, 3.63) is 42.4 Å². The summed E-state index contributed by atoms with van der Waals surface area (Å²) >= 11 is 0. The number of nitrogens with zero attached hydrogens (tertiary/aromatic N) is 4. The minimum atomic E-state index is 0.264. The van der Waals surface area contributed by atoms with Gasteiger partial charge in [-0.2, -0.15) is 0 Å². The van der Waals surface area contributed by atoms with Gasteiger partial charge in [-0.3, -0.25) is 0 Å². The lowest BCUT2D eigenvalue weighted by Crippen LogP contribution is -1.95. The third-order valence-corrected chi connectivity index (χ3v) is 3.23. The molecule has 0 unspecified atom stereocenters. The van der Waals surface area contributed by atoms with Gasteiger partial charge in [0.1, 0.15) is 5.75 Å². The maximum Gasteiger partial charge on any atom is 0.253 e. The van der Waals surface area contributed by atoms with E-state index in [1.165, 1.54) is 6.39 Å². The number of benzene rings is 1. The van der Waals surface area contributed by atoms with E-state index in [0.717, 1.165) is 24.3 Å². The lowest BCUT2D eigenvalue weighted by molar-refractivity contribution is 0.259. The fourth-order valence-electron chi connectivity index (χ4n) is 1.96. The van der Waals surface area contributed by atoms with Crippen LogP contribution in [0.25, 0.3) is 11.5 Å². The topological polar surface area (TPSA) is 87.1 Å². The van der Waals surface area contributed by atoms with E-state index in [0.29, 0.717) is 23.4 Å². The molecule has 7 heteroatoms. The van der Waals surface area contributed by atoms with Crippen LogP contribution in [0.3, 0.4) is 0 Å². The van der Waals surface area contributed by atoms with Crippen molar-refractivity contribution in [2.45, 2.75) is 25.4 Å². The molecule has 1 saturated carbocycles. The molecule has 0 saturated heterocycles. The van der Waals surface area contributed by atoms with Crippen LogP contribution in [-0.2, 0) is 6.61 Å². The Hall–Kier alpha value is -2.70. The highest BCUT2D eigenvalue weighted by molar-refractivity contribution is 5.53. The van der Waals surface area contributed by atoms with Crippen LogP contribution in [-0.4, -0.2) is 20.4 Å². The fourth-order valence-corrected chi connectivity index (χ4v) is 1.96. The van der Waals surface area contributed by atoms with Gasteiger partial charge < -0.3 is 13.6 Å². The molecule has 21 heavy (non-hydrogen) atoms. The van der Waals surface area contributed by atoms with Crippen molar-refractivity contribution in [3.63, 3.8) is 0 Å². The first-order chi connectivity index (χ1) is 10.4. The second-order valence-electron chi connectivity index (χ2n) is 4.87. The normalized spacial score (nSPS) is 14.3. The standard InChI is InChI=1S/C14H12N4O3/c1-2-10(1)14-18-16-12(21-14)7-19-11-5-3-9(4-6-11)13-17-15-8-20-13/h3-6,8,10H,1-2,7H2. The minimum absolute atomic E-state index is 0.264. The van der Waals surface area contributed by atoms with E-state index in [4.69, 9.17) is 13.6 Å². The second kappa shape index (κ2) is 5.01. The van der Waals surface area contributed by atoms with E-state index in [9.17, 15) is 0 Å².